The highest BCUT2D eigenvalue weighted by Crippen LogP contribution is 2.26. The summed E-state index contributed by atoms with van der Waals surface area (Å²) in [5, 5.41) is 3.58. The Morgan fingerprint density at radius 2 is 1.93 bits per heavy atom. The maximum atomic E-state index is 5.15. The molecule has 0 saturated carbocycles. The average Bonchev–Trinajstić information content (AvgIpc) is 2.30. The van der Waals surface area contributed by atoms with Gasteiger partial charge >= 0.3 is 0 Å². The molecule has 1 heterocycles. The zero-order valence-electron chi connectivity index (χ0n) is 9.49. The summed E-state index contributed by atoms with van der Waals surface area (Å²) in [4.78, 5) is 0. The van der Waals surface area contributed by atoms with Crippen LogP contribution in [0.4, 0.5) is 0 Å². The molecule has 1 aliphatic heterocycles. The highest BCUT2D eigenvalue weighted by Gasteiger charge is 2.18. The van der Waals surface area contributed by atoms with E-state index in [9.17, 15) is 0 Å². The van der Waals surface area contributed by atoms with Gasteiger partial charge in [-0.1, -0.05) is 19.1 Å². The summed E-state index contributed by atoms with van der Waals surface area (Å²) in [6.07, 6.45) is 2.57. The summed E-state index contributed by atoms with van der Waals surface area (Å²) >= 11 is 0. The van der Waals surface area contributed by atoms with Crippen LogP contribution >= 0.6 is 0 Å². The van der Waals surface area contributed by atoms with Crippen molar-refractivity contribution < 1.29 is 4.74 Å². The third kappa shape index (κ3) is 2.51. The maximum Gasteiger partial charge on any atom is 0.118 e. The van der Waals surface area contributed by atoms with Crippen molar-refractivity contribution in [2.75, 3.05) is 13.7 Å². The SMILES string of the molecule is COc1ccc(C2CCC(C)CN2)cc1. The van der Waals surface area contributed by atoms with Gasteiger partial charge in [-0.2, -0.15) is 0 Å². The minimum Gasteiger partial charge on any atom is -0.497 e. The second kappa shape index (κ2) is 4.67. The molecule has 0 spiro atoms. The van der Waals surface area contributed by atoms with Crippen molar-refractivity contribution in [3.63, 3.8) is 0 Å². The van der Waals surface area contributed by atoms with Gasteiger partial charge in [-0.3, -0.25) is 0 Å². The van der Waals surface area contributed by atoms with Crippen LogP contribution in [-0.4, -0.2) is 13.7 Å². The topological polar surface area (TPSA) is 21.3 Å². The van der Waals surface area contributed by atoms with Crippen LogP contribution in [0, 0.1) is 5.92 Å². The Bertz CT molecular complexity index is 299. The smallest absolute Gasteiger partial charge is 0.118 e. The molecule has 2 rings (SSSR count). The van der Waals surface area contributed by atoms with E-state index >= 15 is 0 Å². The Morgan fingerprint density at radius 1 is 1.20 bits per heavy atom. The zero-order chi connectivity index (χ0) is 10.7. The first kappa shape index (κ1) is 10.5. The van der Waals surface area contributed by atoms with Crippen LogP contribution in [0.2, 0.25) is 0 Å². The van der Waals surface area contributed by atoms with E-state index < -0.39 is 0 Å². The second-order valence-corrected chi connectivity index (χ2v) is 4.42. The van der Waals surface area contributed by atoms with Crippen molar-refractivity contribution >= 4 is 0 Å². The van der Waals surface area contributed by atoms with Gasteiger partial charge in [0.1, 0.15) is 5.75 Å². The zero-order valence-corrected chi connectivity index (χ0v) is 9.49. The van der Waals surface area contributed by atoms with E-state index in [-0.39, 0.29) is 0 Å². The summed E-state index contributed by atoms with van der Waals surface area (Å²) < 4.78 is 5.15. The molecule has 0 aromatic heterocycles. The molecule has 2 heteroatoms. The molecule has 82 valence electrons. The first-order valence-corrected chi connectivity index (χ1v) is 5.67. The standard InChI is InChI=1S/C13H19NO/c1-10-3-8-13(14-9-10)11-4-6-12(15-2)7-5-11/h4-7,10,13-14H,3,8-9H2,1-2H3. The van der Waals surface area contributed by atoms with Crippen molar-refractivity contribution in [3.05, 3.63) is 29.8 Å². The summed E-state index contributed by atoms with van der Waals surface area (Å²) in [5.74, 6) is 1.75. The van der Waals surface area contributed by atoms with Crippen LogP contribution in [0.5, 0.6) is 5.75 Å². The maximum absolute atomic E-state index is 5.15. The molecule has 0 aliphatic carbocycles. The molecular formula is C13H19NO. The first-order chi connectivity index (χ1) is 7.29. The van der Waals surface area contributed by atoms with E-state index in [0.29, 0.717) is 6.04 Å². The largest absolute Gasteiger partial charge is 0.497 e. The van der Waals surface area contributed by atoms with Gasteiger partial charge in [0.05, 0.1) is 7.11 Å². The molecule has 2 nitrogen and oxygen atoms in total. The Balaban J connectivity index is 2.03. The van der Waals surface area contributed by atoms with Gasteiger partial charge in [-0.25, -0.2) is 0 Å². The number of piperidine rings is 1. The molecule has 2 atom stereocenters. The highest BCUT2D eigenvalue weighted by molar-refractivity contribution is 5.29. The lowest BCUT2D eigenvalue weighted by Gasteiger charge is -2.28. The minimum absolute atomic E-state index is 0.534. The molecule has 1 aromatic rings. The number of methoxy groups -OCH3 is 1. The van der Waals surface area contributed by atoms with Gasteiger partial charge in [-0.05, 0) is 43.0 Å². The lowest BCUT2D eigenvalue weighted by atomic mass is 9.92. The summed E-state index contributed by atoms with van der Waals surface area (Å²) in [5.41, 5.74) is 1.38. The first-order valence-electron chi connectivity index (χ1n) is 5.67. The number of rotatable bonds is 2. The van der Waals surface area contributed by atoms with E-state index in [0.717, 1.165) is 18.2 Å². The van der Waals surface area contributed by atoms with Gasteiger partial charge in [0.2, 0.25) is 0 Å². The normalized spacial score (nSPS) is 26.3. The summed E-state index contributed by atoms with van der Waals surface area (Å²) in [6, 6.07) is 8.93. The molecular weight excluding hydrogens is 186 g/mol. The Hall–Kier alpha value is -1.02. The fourth-order valence-electron chi connectivity index (χ4n) is 2.12. The quantitative estimate of drug-likeness (QED) is 0.801. The molecule has 15 heavy (non-hydrogen) atoms. The van der Waals surface area contributed by atoms with Crippen LogP contribution in [0.15, 0.2) is 24.3 Å². The van der Waals surface area contributed by atoms with Crippen molar-refractivity contribution in [2.24, 2.45) is 5.92 Å². The molecule has 2 unspecified atom stereocenters. The predicted octanol–water partition coefficient (Wildman–Crippen LogP) is 2.76. The minimum atomic E-state index is 0.534. The fourth-order valence-corrected chi connectivity index (χ4v) is 2.12. The Kier molecular flexibility index (Phi) is 3.27. The number of hydrogen-bond acceptors (Lipinski definition) is 2. The molecule has 1 saturated heterocycles. The van der Waals surface area contributed by atoms with E-state index in [1.807, 2.05) is 12.1 Å². The van der Waals surface area contributed by atoms with E-state index in [1.54, 1.807) is 7.11 Å². The number of ether oxygens (including phenoxy) is 1. The molecule has 0 amide bonds. The summed E-state index contributed by atoms with van der Waals surface area (Å²) in [6.45, 7) is 3.44. The van der Waals surface area contributed by atoms with E-state index in [4.69, 9.17) is 4.74 Å². The monoisotopic (exact) mass is 205 g/mol. The van der Waals surface area contributed by atoms with Crippen LogP contribution in [0.1, 0.15) is 31.4 Å². The van der Waals surface area contributed by atoms with E-state index in [2.05, 4.69) is 24.4 Å². The second-order valence-electron chi connectivity index (χ2n) is 4.42. The average molecular weight is 205 g/mol. The number of nitrogens with one attached hydrogen (secondary N) is 1. The van der Waals surface area contributed by atoms with Crippen molar-refractivity contribution in [1.29, 1.82) is 0 Å². The lowest BCUT2D eigenvalue weighted by Crippen LogP contribution is -2.31. The molecule has 1 N–H and O–H groups in total. The number of benzene rings is 1. The van der Waals surface area contributed by atoms with Crippen molar-refractivity contribution in [2.45, 2.75) is 25.8 Å². The van der Waals surface area contributed by atoms with Crippen molar-refractivity contribution in [3.8, 4) is 5.75 Å². The van der Waals surface area contributed by atoms with Gasteiger partial charge < -0.3 is 10.1 Å². The molecule has 1 aliphatic rings. The van der Waals surface area contributed by atoms with Gasteiger partial charge in [0.15, 0.2) is 0 Å². The summed E-state index contributed by atoms with van der Waals surface area (Å²) in [7, 11) is 1.70. The number of hydrogen-bond donors (Lipinski definition) is 1. The Labute approximate surface area is 91.6 Å². The molecule has 0 radical (unpaired) electrons. The molecule has 0 bridgehead atoms. The molecule has 1 fully saturated rings. The molecule has 1 aromatic carbocycles. The predicted molar refractivity (Wildman–Crippen MR) is 62.1 cm³/mol. The Morgan fingerprint density at radius 3 is 2.47 bits per heavy atom. The van der Waals surface area contributed by atoms with Crippen LogP contribution in [-0.2, 0) is 0 Å². The van der Waals surface area contributed by atoms with E-state index in [1.165, 1.54) is 18.4 Å². The van der Waals surface area contributed by atoms with Crippen LogP contribution in [0.3, 0.4) is 0 Å². The van der Waals surface area contributed by atoms with Crippen LogP contribution < -0.4 is 10.1 Å². The van der Waals surface area contributed by atoms with Gasteiger partial charge in [-0.15, -0.1) is 0 Å². The van der Waals surface area contributed by atoms with Gasteiger partial charge in [0, 0.05) is 6.04 Å². The van der Waals surface area contributed by atoms with Gasteiger partial charge in [0.25, 0.3) is 0 Å². The third-order valence-electron chi connectivity index (χ3n) is 3.18. The third-order valence-corrected chi connectivity index (χ3v) is 3.18. The highest BCUT2D eigenvalue weighted by atomic mass is 16.5. The fraction of sp³-hybridized carbons (Fsp3) is 0.538. The van der Waals surface area contributed by atoms with Crippen molar-refractivity contribution in [1.82, 2.24) is 5.32 Å². The lowest BCUT2D eigenvalue weighted by molar-refractivity contribution is 0.332. The van der Waals surface area contributed by atoms with Crippen LogP contribution in [0.25, 0.3) is 0 Å².